The van der Waals surface area contributed by atoms with Crippen molar-refractivity contribution in [3.63, 3.8) is 0 Å². The molecule has 0 spiro atoms. The van der Waals surface area contributed by atoms with Crippen molar-refractivity contribution in [3.8, 4) is 0 Å². The molecule has 3 heteroatoms. The predicted octanol–water partition coefficient (Wildman–Crippen LogP) is 3.64. The summed E-state index contributed by atoms with van der Waals surface area (Å²) in [5.41, 5.74) is 8.71. The highest BCUT2D eigenvalue weighted by atomic mass is 16.1. The van der Waals surface area contributed by atoms with E-state index in [4.69, 9.17) is 5.73 Å². The van der Waals surface area contributed by atoms with Crippen LogP contribution in [0.2, 0.25) is 0 Å². The van der Waals surface area contributed by atoms with Gasteiger partial charge in [0.25, 0.3) is 0 Å². The van der Waals surface area contributed by atoms with Crippen molar-refractivity contribution >= 4 is 17.7 Å². The molecule has 106 valence electrons. The summed E-state index contributed by atoms with van der Waals surface area (Å²) in [5.74, 6) is 0.716. The largest absolute Gasteiger partial charge is 0.397 e. The number of anilines is 2. The fraction of sp³-hybridized carbons (Fsp3) is 0.562. The lowest BCUT2D eigenvalue weighted by molar-refractivity contribution is -0.107. The van der Waals surface area contributed by atoms with E-state index in [9.17, 15) is 4.79 Å². The number of nitrogens with one attached hydrogen (secondary N) is 1. The number of carbonyl (C=O) groups excluding carboxylic acids is 1. The maximum atomic E-state index is 10.5. The number of hydrogen-bond donors (Lipinski definition) is 2. The van der Waals surface area contributed by atoms with E-state index in [-0.39, 0.29) is 0 Å². The summed E-state index contributed by atoms with van der Waals surface area (Å²) in [4.78, 5) is 10.5. The normalized spacial score (nSPS) is 13.8. The standard InChI is InChI=1S/C16H26N2O/c1-4-12(3)10-14(5-2)18-16-7-6-13(8-9-19)11-15(16)17/h6-7,9,11-12,14,18H,4-5,8,10,17H2,1-3H3. The first-order valence-electron chi connectivity index (χ1n) is 7.19. The fourth-order valence-corrected chi connectivity index (χ4v) is 2.17. The van der Waals surface area contributed by atoms with Gasteiger partial charge in [0.1, 0.15) is 6.29 Å². The van der Waals surface area contributed by atoms with Crippen LogP contribution < -0.4 is 11.1 Å². The number of nitrogens with two attached hydrogens (primary N) is 1. The third-order valence-corrected chi connectivity index (χ3v) is 3.67. The average Bonchev–Trinajstić information content (AvgIpc) is 2.40. The zero-order valence-corrected chi connectivity index (χ0v) is 12.3. The van der Waals surface area contributed by atoms with Crippen LogP contribution in [0.5, 0.6) is 0 Å². The number of nitrogen functional groups attached to an aromatic ring is 1. The Morgan fingerprint density at radius 3 is 2.58 bits per heavy atom. The predicted molar refractivity (Wildman–Crippen MR) is 82.4 cm³/mol. The van der Waals surface area contributed by atoms with Gasteiger partial charge < -0.3 is 15.8 Å². The molecule has 2 atom stereocenters. The zero-order valence-electron chi connectivity index (χ0n) is 12.3. The molecular formula is C16H26N2O. The minimum Gasteiger partial charge on any atom is -0.397 e. The fourth-order valence-electron chi connectivity index (χ4n) is 2.17. The molecule has 2 unspecified atom stereocenters. The average molecular weight is 262 g/mol. The number of aldehydes is 1. The molecule has 0 saturated heterocycles. The Morgan fingerprint density at radius 1 is 1.32 bits per heavy atom. The van der Waals surface area contributed by atoms with E-state index in [0.717, 1.165) is 36.1 Å². The van der Waals surface area contributed by atoms with Gasteiger partial charge in [-0.25, -0.2) is 0 Å². The molecule has 0 aromatic heterocycles. The van der Waals surface area contributed by atoms with Crippen LogP contribution >= 0.6 is 0 Å². The lowest BCUT2D eigenvalue weighted by Gasteiger charge is -2.22. The summed E-state index contributed by atoms with van der Waals surface area (Å²) in [6.45, 7) is 6.69. The maximum Gasteiger partial charge on any atom is 0.124 e. The molecule has 0 aliphatic rings. The van der Waals surface area contributed by atoms with Gasteiger partial charge >= 0.3 is 0 Å². The van der Waals surface area contributed by atoms with Gasteiger partial charge in [-0.1, -0.05) is 33.3 Å². The molecule has 0 aliphatic heterocycles. The van der Waals surface area contributed by atoms with Crippen molar-refractivity contribution < 1.29 is 4.79 Å². The smallest absolute Gasteiger partial charge is 0.124 e. The monoisotopic (exact) mass is 262 g/mol. The second-order valence-electron chi connectivity index (χ2n) is 5.29. The Morgan fingerprint density at radius 2 is 2.05 bits per heavy atom. The molecular weight excluding hydrogens is 236 g/mol. The number of carbonyl (C=O) groups is 1. The van der Waals surface area contributed by atoms with E-state index >= 15 is 0 Å². The Hall–Kier alpha value is -1.51. The highest BCUT2D eigenvalue weighted by Crippen LogP contribution is 2.23. The van der Waals surface area contributed by atoms with Crippen LogP contribution in [0, 0.1) is 5.92 Å². The van der Waals surface area contributed by atoms with Crippen molar-refractivity contribution in [2.24, 2.45) is 5.92 Å². The molecule has 1 aromatic rings. The number of benzene rings is 1. The highest BCUT2D eigenvalue weighted by molar-refractivity contribution is 5.69. The Labute approximate surface area is 116 Å². The van der Waals surface area contributed by atoms with Crippen molar-refractivity contribution in [3.05, 3.63) is 23.8 Å². The van der Waals surface area contributed by atoms with E-state index < -0.39 is 0 Å². The first-order chi connectivity index (χ1) is 9.10. The van der Waals surface area contributed by atoms with Crippen molar-refractivity contribution in [1.82, 2.24) is 0 Å². The van der Waals surface area contributed by atoms with Crippen molar-refractivity contribution in [2.75, 3.05) is 11.1 Å². The topological polar surface area (TPSA) is 55.1 Å². The van der Waals surface area contributed by atoms with Crippen LogP contribution in [0.15, 0.2) is 18.2 Å². The third kappa shape index (κ3) is 4.93. The lowest BCUT2D eigenvalue weighted by Crippen LogP contribution is -2.21. The Kier molecular flexibility index (Phi) is 6.40. The van der Waals surface area contributed by atoms with E-state index in [1.54, 1.807) is 0 Å². The zero-order chi connectivity index (χ0) is 14.3. The maximum absolute atomic E-state index is 10.5. The van der Waals surface area contributed by atoms with Crippen LogP contribution in [0.1, 0.15) is 45.6 Å². The van der Waals surface area contributed by atoms with E-state index in [1.165, 1.54) is 6.42 Å². The van der Waals surface area contributed by atoms with Crippen molar-refractivity contribution in [1.29, 1.82) is 0 Å². The molecule has 3 nitrogen and oxygen atoms in total. The van der Waals surface area contributed by atoms with Gasteiger partial charge in [-0.15, -0.1) is 0 Å². The van der Waals surface area contributed by atoms with Gasteiger partial charge in [-0.2, -0.15) is 0 Å². The Balaban J connectivity index is 2.71. The lowest BCUT2D eigenvalue weighted by atomic mass is 9.97. The molecule has 19 heavy (non-hydrogen) atoms. The molecule has 0 aliphatic carbocycles. The molecule has 0 radical (unpaired) electrons. The van der Waals surface area contributed by atoms with E-state index in [1.807, 2.05) is 18.2 Å². The van der Waals surface area contributed by atoms with Gasteiger partial charge in [0.15, 0.2) is 0 Å². The first kappa shape index (κ1) is 15.5. The van der Waals surface area contributed by atoms with Crippen LogP contribution in [0.3, 0.4) is 0 Å². The van der Waals surface area contributed by atoms with E-state index in [0.29, 0.717) is 18.4 Å². The molecule has 3 N–H and O–H groups in total. The second kappa shape index (κ2) is 7.82. The number of rotatable bonds is 8. The third-order valence-electron chi connectivity index (χ3n) is 3.67. The minimum atomic E-state index is 0.425. The summed E-state index contributed by atoms with van der Waals surface area (Å²) in [7, 11) is 0. The van der Waals surface area contributed by atoms with Crippen LogP contribution in [0.4, 0.5) is 11.4 Å². The van der Waals surface area contributed by atoms with Crippen LogP contribution in [0.25, 0.3) is 0 Å². The summed E-state index contributed by atoms with van der Waals surface area (Å²) < 4.78 is 0. The van der Waals surface area contributed by atoms with Gasteiger partial charge in [-0.05, 0) is 36.5 Å². The summed E-state index contributed by atoms with van der Waals surface area (Å²) in [6.07, 6.45) is 4.77. The van der Waals surface area contributed by atoms with Gasteiger partial charge in [0.05, 0.1) is 11.4 Å². The second-order valence-corrected chi connectivity index (χ2v) is 5.29. The van der Waals surface area contributed by atoms with E-state index in [2.05, 4.69) is 26.1 Å². The van der Waals surface area contributed by atoms with Gasteiger partial charge in [-0.3, -0.25) is 0 Å². The molecule has 0 bridgehead atoms. The van der Waals surface area contributed by atoms with Crippen molar-refractivity contribution in [2.45, 2.75) is 52.5 Å². The summed E-state index contributed by atoms with van der Waals surface area (Å²) >= 11 is 0. The molecule has 1 rings (SSSR count). The summed E-state index contributed by atoms with van der Waals surface area (Å²) in [5, 5.41) is 3.52. The quantitative estimate of drug-likeness (QED) is 0.555. The van der Waals surface area contributed by atoms with Gasteiger partial charge in [0.2, 0.25) is 0 Å². The molecule has 0 fully saturated rings. The number of hydrogen-bond acceptors (Lipinski definition) is 3. The Bertz CT molecular complexity index is 404. The molecule has 0 saturated carbocycles. The molecule has 1 aromatic carbocycles. The first-order valence-corrected chi connectivity index (χ1v) is 7.19. The highest BCUT2D eigenvalue weighted by Gasteiger charge is 2.11. The van der Waals surface area contributed by atoms with Crippen LogP contribution in [-0.4, -0.2) is 12.3 Å². The summed E-state index contributed by atoms with van der Waals surface area (Å²) in [6, 6.07) is 6.28. The SMILES string of the molecule is CCC(C)CC(CC)Nc1ccc(CC=O)cc1N. The minimum absolute atomic E-state index is 0.425. The molecule has 0 amide bonds. The molecule has 0 heterocycles. The van der Waals surface area contributed by atoms with Crippen LogP contribution in [-0.2, 0) is 11.2 Å². The van der Waals surface area contributed by atoms with Gasteiger partial charge in [0, 0.05) is 12.5 Å².